The molecule has 1 aromatic carbocycles. The molecule has 0 saturated heterocycles. The minimum atomic E-state index is -3.68. The molecule has 2 N–H and O–H groups in total. The molecule has 2 aromatic rings. The predicted octanol–water partition coefficient (Wildman–Crippen LogP) is 0.406. The van der Waals surface area contributed by atoms with Crippen LogP contribution in [0.5, 0.6) is 0 Å². The Balaban J connectivity index is 2.27. The highest BCUT2D eigenvalue weighted by molar-refractivity contribution is 7.92. The van der Waals surface area contributed by atoms with Crippen molar-refractivity contribution in [1.82, 2.24) is 15.2 Å². The Morgan fingerprint density at radius 2 is 2.27 bits per heavy atom. The Bertz CT molecular complexity index is 521. The summed E-state index contributed by atoms with van der Waals surface area (Å²) in [6.07, 6.45) is 1.20. The summed E-state index contributed by atoms with van der Waals surface area (Å²) in [4.78, 5) is 2.41. The third kappa shape index (κ3) is 2.13. The molecule has 1 aromatic heterocycles. The van der Waals surface area contributed by atoms with Crippen molar-refractivity contribution in [3.63, 3.8) is 0 Å². The number of H-pyrrole nitrogens is 1. The number of hydrogen-bond acceptors (Lipinski definition) is 4. The van der Waals surface area contributed by atoms with E-state index in [0.717, 1.165) is 0 Å². The highest BCUT2D eigenvalue weighted by Gasteiger charge is 2.17. The number of nitrogens with one attached hydrogen (secondary N) is 2. The average molecular weight is 223 g/mol. The molecule has 0 aliphatic heterocycles. The molecular formula is C8H7N4O2S. The lowest BCUT2D eigenvalue weighted by Gasteiger charge is -2.03. The van der Waals surface area contributed by atoms with E-state index in [1.165, 1.54) is 6.33 Å². The van der Waals surface area contributed by atoms with Crippen molar-refractivity contribution in [2.45, 2.75) is 5.16 Å². The summed E-state index contributed by atoms with van der Waals surface area (Å²) in [6, 6.07) is 9.38. The molecule has 7 heteroatoms. The Kier molecular flexibility index (Phi) is 2.38. The molecule has 0 aliphatic carbocycles. The summed E-state index contributed by atoms with van der Waals surface area (Å²) in [5.41, 5.74) is 0.355. The van der Waals surface area contributed by atoms with Crippen LogP contribution in [0.15, 0.2) is 35.7 Å². The molecule has 0 saturated carbocycles. The van der Waals surface area contributed by atoms with Crippen molar-refractivity contribution in [2.75, 3.05) is 4.72 Å². The maximum Gasteiger partial charge on any atom is 0.297 e. The molecule has 0 aliphatic rings. The van der Waals surface area contributed by atoms with Gasteiger partial charge in [-0.15, -0.1) is 10.2 Å². The smallest absolute Gasteiger partial charge is 0.297 e. The van der Waals surface area contributed by atoms with Crippen LogP contribution in [0.3, 0.4) is 0 Å². The third-order valence-corrected chi connectivity index (χ3v) is 2.80. The summed E-state index contributed by atoms with van der Waals surface area (Å²) in [6.45, 7) is 0. The quantitative estimate of drug-likeness (QED) is 0.788. The highest BCUT2D eigenvalue weighted by atomic mass is 32.2. The number of rotatable bonds is 3. The zero-order valence-corrected chi connectivity index (χ0v) is 8.32. The Morgan fingerprint density at radius 3 is 2.87 bits per heavy atom. The van der Waals surface area contributed by atoms with Gasteiger partial charge in [0.25, 0.3) is 15.2 Å². The van der Waals surface area contributed by atoms with Crippen LogP contribution >= 0.6 is 0 Å². The molecule has 0 spiro atoms. The first-order valence-electron chi connectivity index (χ1n) is 4.04. The van der Waals surface area contributed by atoms with Crippen molar-refractivity contribution in [3.05, 3.63) is 36.7 Å². The SMILES string of the molecule is O=S(=O)(Nc1[c]cccc1)c1nnc[nH]1. The molecule has 6 nitrogen and oxygen atoms in total. The van der Waals surface area contributed by atoms with Crippen LogP contribution in [0.1, 0.15) is 0 Å². The van der Waals surface area contributed by atoms with Crippen molar-refractivity contribution >= 4 is 15.7 Å². The van der Waals surface area contributed by atoms with Gasteiger partial charge < -0.3 is 4.98 Å². The zero-order valence-electron chi connectivity index (χ0n) is 7.51. The predicted molar refractivity (Wildman–Crippen MR) is 52.5 cm³/mol. The Morgan fingerprint density at radius 1 is 1.40 bits per heavy atom. The normalized spacial score (nSPS) is 11.2. The fourth-order valence-electron chi connectivity index (χ4n) is 0.975. The van der Waals surface area contributed by atoms with Crippen LogP contribution in [-0.4, -0.2) is 23.6 Å². The summed E-state index contributed by atoms with van der Waals surface area (Å²) in [5.74, 6) is 0. The van der Waals surface area contributed by atoms with Crippen molar-refractivity contribution in [2.24, 2.45) is 0 Å². The highest BCUT2D eigenvalue weighted by Crippen LogP contribution is 2.10. The number of para-hydroxylation sites is 1. The number of anilines is 1. The molecule has 1 radical (unpaired) electrons. The van der Waals surface area contributed by atoms with E-state index >= 15 is 0 Å². The minimum absolute atomic E-state index is 0.222. The van der Waals surface area contributed by atoms with E-state index in [1.54, 1.807) is 24.3 Å². The number of nitrogens with zero attached hydrogens (tertiary/aromatic N) is 2. The molecular weight excluding hydrogens is 216 g/mol. The van der Waals surface area contributed by atoms with E-state index in [4.69, 9.17) is 0 Å². The van der Waals surface area contributed by atoms with Gasteiger partial charge in [-0.3, -0.25) is 4.72 Å². The first-order chi connectivity index (χ1) is 7.18. The second kappa shape index (κ2) is 3.70. The van der Waals surface area contributed by atoms with Gasteiger partial charge in [0.05, 0.1) is 5.69 Å². The lowest BCUT2D eigenvalue weighted by atomic mass is 10.3. The van der Waals surface area contributed by atoms with E-state index in [0.29, 0.717) is 5.69 Å². The van der Waals surface area contributed by atoms with Gasteiger partial charge in [0.2, 0.25) is 0 Å². The van der Waals surface area contributed by atoms with E-state index in [-0.39, 0.29) is 5.16 Å². The molecule has 0 bridgehead atoms. The third-order valence-electron chi connectivity index (χ3n) is 1.60. The summed E-state index contributed by atoms with van der Waals surface area (Å²) in [7, 11) is -3.68. The van der Waals surface area contributed by atoms with Gasteiger partial charge in [0.15, 0.2) is 0 Å². The fraction of sp³-hybridized carbons (Fsp3) is 0. The molecule has 0 atom stereocenters. The molecule has 0 unspecified atom stereocenters. The fourth-order valence-corrected chi connectivity index (χ4v) is 1.85. The van der Waals surface area contributed by atoms with Crippen LogP contribution in [0.2, 0.25) is 0 Å². The Hall–Kier alpha value is -1.89. The zero-order chi connectivity index (χ0) is 10.7. The number of benzene rings is 1. The number of aromatic amines is 1. The average Bonchev–Trinajstić information content (AvgIpc) is 2.71. The molecule has 77 valence electrons. The van der Waals surface area contributed by atoms with Crippen LogP contribution in [0, 0.1) is 6.07 Å². The number of hydrogen-bond donors (Lipinski definition) is 2. The molecule has 1 heterocycles. The molecule has 15 heavy (non-hydrogen) atoms. The topological polar surface area (TPSA) is 87.7 Å². The molecule has 0 amide bonds. The maximum absolute atomic E-state index is 11.6. The minimum Gasteiger partial charge on any atom is -0.317 e. The van der Waals surface area contributed by atoms with Crippen LogP contribution in [0.4, 0.5) is 5.69 Å². The van der Waals surface area contributed by atoms with Crippen molar-refractivity contribution < 1.29 is 8.42 Å². The van der Waals surface area contributed by atoms with Crippen LogP contribution < -0.4 is 4.72 Å². The summed E-state index contributed by atoms with van der Waals surface area (Å²) in [5, 5.41) is 6.59. The van der Waals surface area contributed by atoms with Gasteiger partial charge >= 0.3 is 0 Å². The van der Waals surface area contributed by atoms with Crippen LogP contribution in [-0.2, 0) is 10.0 Å². The van der Waals surface area contributed by atoms with Gasteiger partial charge in [0, 0.05) is 6.07 Å². The first-order valence-corrected chi connectivity index (χ1v) is 5.52. The second-order valence-electron chi connectivity index (χ2n) is 2.68. The molecule has 2 rings (SSSR count). The van der Waals surface area contributed by atoms with Crippen molar-refractivity contribution in [3.8, 4) is 0 Å². The monoisotopic (exact) mass is 223 g/mol. The van der Waals surface area contributed by atoms with Gasteiger partial charge in [-0.1, -0.05) is 18.2 Å². The van der Waals surface area contributed by atoms with E-state index in [9.17, 15) is 8.42 Å². The standard InChI is InChI=1S/C8H7N4O2S/c13-15(14,8-9-6-10-11-8)12-7-4-2-1-3-5-7/h1-4,6,12H,(H,9,10,11). The van der Waals surface area contributed by atoms with Crippen LogP contribution in [0.25, 0.3) is 0 Å². The van der Waals surface area contributed by atoms with E-state index in [1.807, 2.05) is 0 Å². The maximum atomic E-state index is 11.6. The van der Waals surface area contributed by atoms with Gasteiger partial charge in [-0.05, 0) is 6.07 Å². The van der Waals surface area contributed by atoms with E-state index in [2.05, 4.69) is 26.0 Å². The number of sulfonamides is 1. The largest absolute Gasteiger partial charge is 0.317 e. The van der Waals surface area contributed by atoms with Crippen molar-refractivity contribution in [1.29, 1.82) is 0 Å². The molecule has 0 fully saturated rings. The summed E-state index contributed by atoms with van der Waals surface area (Å²) >= 11 is 0. The van der Waals surface area contributed by atoms with E-state index < -0.39 is 10.0 Å². The summed E-state index contributed by atoms with van der Waals surface area (Å²) < 4.78 is 25.5. The van der Waals surface area contributed by atoms with Gasteiger partial charge in [-0.25, -0.2) is 0 Å². The van der Waals surface area contributed by atoms with Gasteiger partial charge in [0.1, 0.15) is 6.33 Å². The first kappa shape index (κ1) is 9.66. The lowest BCUT2D eigenvalue weighted by molar-refractivity contribution is 0.593. The number of aromatic nitrogens is 3. The second-order valence-corrected chi connectivity index (χ2v) is 4.27. The lowest BCUT2D eigenvalue weighted by Crippen LogP contribution is -2.14. The van der Waals surface area contributed by atoms with Gasteiger partial charge in [-0.2, -0.15) is 8.42 Å². The Labute approximate surface area is 86.4 Å².